The summed E-state index contributed by atoms with van der Waals surface area (Å²) in [5.41, 5.74) is 6.56. The van der Waals surface area contributed by atoms with Crippen LogP contribution in [0.5, 0.6) is 0 Å². The van der Waals surface area contributed by atoms with Crippen molar-refractivity contribution < 1.29 is 9.53 Å². The maximum atomic E-state index is 11.1. The van der Waals surface area contributed by atoms with Gasteiger partial charge in [0.25, 0.3) is 0 Å². The minimum Gasteiger partial charge on any atom is -0.461 e. The van der Waals surface area contributed by atoms with Gasteiger partial charge in [0.15, 0.2) is 0 Å². The van der Waals surface area contributed by atoms with Gasteiger partial charge in [0.1, 0.15) is 5.69 Å². The molecular weight excluding hydrogens is 170 g/mol. The number of nitrogens with zero attached hydrogens (tertiary/aromatic N) is 1. The normalized spacial score (nSPS) is 12.5. The number of aromatic amines is 1. The van der Waals surface area contributed by atoms with Crippen molar-refractivity contribution in [2.24, 2.45) is 5.73 Å². The molecule has 1 aromatic rings. The second-order valence-electron chi connectivity index (χ2n) is 2.72. The second kappa shape index (κ2) is 4.04. The highest BCUT2D eigenvalue weighted by atomic mass is 16.5. The van der Waals surface area contributed by atoms with Crippen LogP contribution in [0.3, 0.4) is 0 Å². The van der Waals surface area contributed by atoms with Gasteiger partial charge in [0, 0.05) is 6.04 Å². The smallest absolute Gasteiger partial charge is 0.356 e. The highest BCUT2D eigenvalue weighted by Gasteiger charge is 2.11. The molecule has 0 aliphatic carbocycles. The highest BCUT2D eigenvalue weighted by molar-refractivity contribution is 5.87. The number of esters is 1. The Hall–Kier alpha value is -1.36. The lowest BCUT2D eigenvalue weighted by atomic mass is 10.2. The highest BCUT2D eigenvalue weighted by Crippen LogP contribution is 2.07. The molecule has 0 aliphatic rings. The topological polar surface area (TPSA) is 81.0 Å². The molecule has 5 nitrogen and oxygen atoms in total. The molecule has 1 unspecified atom stereocenters. The van der Waals surface area contributed by atoms with E-state index in [0.29, 0.717) is 18.0 Å². The lowest BCUT2D eigenvalue weighted by Gasteiger charge is -1.97. The maximum Gasteiger partial charge on any atom is 0.356 e. The number of hydrogen-bond donors (Lipinski definition) is 2. The third-order valence-electron chi connectivity index (χ3n) is 1.56. The van der Waals surface area contributed by atoms with Crippen LogP contribution in [0.25, 0.3) is 0 Å². The first-order valence-electron chi connectivity index (χ1n) is 4.13. The first-order valence-corrected chi connectivity index (χ1v) is 4.13. The Morgan fingerprint density at radius 1 is 1.85 bits per heavy atom. The Balaban J connectivity index is 2.73. The van der Waals surface area contributed by atoms with Gasteiger partial charge >= 0.3 is 5.97 Å². The van der Waals surface area contributed by atoms with E-state index in [2.05, 4.69) is 10.2 Å². The average molecular weight is 183 g/mol. The summed E-state index contributed by atoms with van der Waals surface area (Å²) in [4.78, 5) is 11.1. The number of H-pyrrole nitrogens is 1. The summed E-state index contributed by atoms with van der Waals surface area (Å²) in [7, 11) is 0. The van der Waals surface area contributed by atoms with Crippen molar-refractivity contribution in [1.29, 1.82) is 0 Å². The van der Waals surface area contributed by atoms with Crippen LogP contribution in [0, 0.1) is 0 Å². The van der Waals surface area contributed by atoms with Crippen LogP contribution in [0.4, 0.5) is 0 Å². The zero-order valence-corrected chi connectivity index (χ0v) is 7.70. The van der Waals surface area contributed by atoms with Gasteiger partial charge in [-0.05, 0) is 19.9 Å². The standard InChI is InChI=1S/C8H13N3O2/c1-3-13-8(12)7-4-6(5(2)9)10-11-7/h4-5H,3,9H2,1-2H3,(H,10,11). The van der Waals surface area contributed by atoms with Crippen LogP contribution >= 0.6 is 0 Å². The fourth-order valence-electron chi connectivity index (χ4n) is 0.884. The SMILES string of the molecule is CCOC(=O)c1cc(C(C)N)n[nH]1. The zero-order valence-electron chi connectivity index (χ0n) is 7.70. The van der Waals surface area contributed by atoms with E-state index in [1.54, 1.807) is 19.9 Å². The Bertz CT molecular complexity index is 293. The lowest BCUT2D eigenvalue weighted by Crippen LogP contribution is -2.05. The summed E-state index contributed by atoms with van der Waals surface area (Å²) in [6.07, 6.45) is 0. The van der Waals surface area contributed by atoms with E-state index in [1.807, 2.05) is 0 Å². The summed E-state index contributed by atoms with van der Waals surface area (Å²) in [6, 6.07) is 1.42. The van der Waals surface area contributed by atoms with Crippen LogP contribution in [-0.4, -0.2) is 22.8 Å². The molecule has 0 saturated carbocycles. The van der Waals surface area contributed by atoms with E-state index in [0.717, 1.165) is 0 Å². The average Bonchev–Trinajstić information content (AvgIpc) is 2.52. The molecule has 1 atom stereocenters. The van der Waals surface area contributed by atoms with Gasteiger partial charge < -0.3 is 10.5 Å². The Labute approximate surface area is 76.3 Å². The van der Waals surface area contributed by atoms with E-state index in [-0.39, 0.29) is 6.04 Å². The summed E-state index contributed by atoms with van der Waals surface area (Å²) in [5.74, 6) is -0.401. The number of carbonyl (C=O) groups is 1. The van der Waals surface area contributed by atoms with E-state index < -0.39 is 5.97 Å². The van der Waals surface area contributed by atoms with Crippen molar-refractivity contribution in [3.63, 3.8) is 0 Å². The van der Waals surface area contributed by atoms with Crippen LogP contribution in [0.1, 0.15) is 36.1 Å². The quantitative estimate of drug-likeness (QED) is 0.672. The minimum atomic E-state index is -0.401. The molecule has 0 amide bonds. The van der Waals surface area contributed by atoms with E-state index in [1.165, 1.54) is 0 Å². The van der Waals surface area contributed by atoms with Crippen molar-refractivity contribution in [3.05, 3.63) is 17.5 Å². The monoisotopic (exact) mass is 183 g/mol. The Kier molecular flexibility index (Phi) is 3.02. The van der Waals surface area contributed by atoms with Gasteiger partial charge in [-0.25, -0.2) is 4.79 Å². The number of carbonyl (C=O) groups excluding carboxylic acids is 1. The van der Waals surface area contributed by atoms with Gasteiger partial charge in [0.05, 0.1) is 12.3 Å². The molecule has 0 radical (unpaired) electrons. The number of nitrogens with one attached hydrogen (secondary N) is 1. The van der Waals surface area contributed by atoms with Gasteiger partial charge in [-0.1, -0.05) is 0 Å². The van der Waals surface area contributed by atoms with Gasteiger partial charge in [-0.2, -0.15) is 5.10 Å². The summed E-state index contributed by atoms with van der Waals surface area (Å²) >= 11 is 0. The third kappa shape index (κ3) is 2.29. The first-order chi connectivity index (χ1) is 6.15. The molecule has 3 N–H and O–H groups in total. The van der Waals surface area contributed by atoms with Crippen LogP contribution < -0.4 is 5.73 Å². The van der Waals surface area contributed by atoms with E-state index in [9.17, 15) is 4.79 Å². The van der Waals surface area contributed by atoms with Crippen molar-refractivity contribution >= 4 is 5.97 Å². The fourth-order valence-corrected chi connectivity index (χ4v) is 0.884. The Morgan fingerprint density at radius 2 is 2.54 bits per heavy atom. The number of ether oxygens (including phenoxy) is 1. The molecule has 1 aromatic heterocycles. The van der Waals surface area contributed by atoms with Crippen molar-refractivity contribution in [2.45, 2.75) is 19.9 Å². The molecule has 1 heterocycles. The molecule has 72 valence electrons. The molecule has 5 heteroatoms. The van der Waals surface area contributed by atoms with Crippen LogP contribution in [0.2, 0.25) is 0 Å². The predicted molar refractivity (Wildman–Crippen MR) is 47.1 cm³/mol. The molecule has 1 rings (SSSR count). The number of hydrogen-bond acceptors (Lipinski definition) is 4. The number of rotatable bonds is 3. The predicted octanol–water partition coefficient (Wildman–Crippen LogP) is 0.606. The Morgan fingerprint density at radius 3 is 3.00 bits per heavy atom. The molecule has 13 heavy (non-hydrogen) atoms. The van der Waals surface area contributed by atoms with Crippen molar-refractivity contribution in [3.8, 4) is 0 Å². The van der Waals surface area contributed by atoms with Crippen LogP contribution in [0.15, 0.2) is 6.07 Å². The maximum absolute atomic E-state index is 11.1. The van der Waals surface area contributed by atoms with Crippen LogP contribution in [-0.2, 0) is 4.74 Å². The largest absolute Gasteiger partial charge is 0.461 e. The molecular formula is C8H13N3O2. The minimum absolute atomic E-state index is 0.181. The molecule has 0 saturated heterocycles. The summed E-state index contributed by atoms with van der Waals surface area (Å²) in [6.45, 7) is 3.90. The zero-order chi connectivity index (χ0) is 9.84. The lowest BCUT2D eigenvalue weighted by molar-refractivity contribution is 0.0519. The van der Waals surface area contributed by atoms with Crippen molar-refractivity contribution in [2.75, 3.05) is 6.61 Å². The first kappa shape index (κ1) is 9.73. The van der Waals surface area contributed by atoms with Gasteiger partial charge in [-0.15, -0.1) is 0 Å². The van der Waals surface area contributed by atoms with Gasteiger partial charge in [0.2, 0.25) is 0 Å². The number of aromatic nitrogens is 2. The molecule has 0 spiro atoms. The van der Waals surface area contributed by atoms with E-state index in [4.69, 9.17) is 10.5 Å². The summed E-state index contributed by atoms with van der Waals surface area (Å²) in [5, 5.41) is 6.44. The molecule has 0 aromatic carbocycles. The second-order valence-corrected chi connectivity index (χ2v) is 2.72. The molecule has 0 aliphatic heterocycles. The number of nitrogens with two attached hydrogens (primary N) is 1. The summed E-state index contributed by atoms with van der Waals surface area (Å²) < 4.78 is 4.77. The third-order valence-corrected chi connectivity index (χ3v) is 1.56. The molecule has 0 bridgehead atoms. The molecule has 0 fully saturated rings. The van der Waals surface area contributed by atoms with Gasteiger partial charge in [-0.3, -0.25) is 5.10 Å². The van der Waals surface area contributed by atoms with E-state index >= 15 is 0 Å². The van der Waals surface area contributed by atoms with Crippen molar-refractivity contribution in [1.82, 2.24) is 10.2 Å². The fraction of sp³-hybridized carbons (Fsp3) is 0.500.